The molecule has 1 aromatic carbocycles. The number of nitrogens with zero attached hydrogens (tertiary/aromatic N) is 1. The van der Waals surface area contributed by atoms with Crippen molar-refractivity contribution in [3.63, 3.8) is 0 Å². The van der Waals surface area contributed by atoms with Crippen molar-refractivity contribution in [2.75, 3.05) is 19.0 Å². The molecule has 1 N–H and O–H groups in total. The molecule has 23 heavy (non-hydrogen) atoms. The molecule has 2 aromatic rings. The number of rotatable bonds is 6. The van der Waals surface area contributed by atoms with Gasteiger partial charge in [0.25, 0.3) is 5.91 Å². The molecule has 0 radical (unpaired) electrons. The number of thiazole rings is 1. The first-order valence-corrected chi connectivity index (χ1v) is 7.93. The Morgan fingerprint density at radius 2 is 2.04 bits per heavy atom. The van der Waals surface area contributed by atoms with E-state index in [1.165, 1.54) is 7.11 Å². The average molecular weight is 334 g/mol. The lowest BCUT2D eigenvalue weighted by atomic mass is 10.1. The molecule has 7 heteroatoms. The zero-order valence-electron chi connectivity index (χ0n) is 13.2. The van der Waals surface area contributed by atoms with Gasteiger partial charge in [-0.1, -0.05) is 36.5 Å². The summed E-state index contributed by atoms with van der Waals surface area (Å²) in [7, 11) is 1.30. The molecule has 0 aliphatic carbocycles. The summed E-state index contributed by atoms with van der Waals surface area (Å²) in [5.41, 5.74) is 1.56. The summed E-state index contributed by atoms with van der Waals surface area (Å²) in [6.45, 7) is 3.59. The molecule has 0 saturated heterocycles. The van der Waals surface area contributed by atoms with E-state index in [1.807, 2.05) is 31.2 Å². The third-order valence-corrected chi connectivity index (χ3v) is 4.18. The van der Waals surface area contributed by atoms with Gasteiger partial charge in [-0.05, 0) is 25.0 Å². The van der Waals surface area contributed by atoms with Gasteiger partial charge >= 0.3 is 5.97 Å². The normalized spacial score (nSPS) is 10.2. The quantitative estimate of drug-likeness (QED) is 0.822. The number of hydrogen-bond donors (Lipinski definition) is 1. The summed E-state index contributed by atoms with van der Waals surface area (Å²) >= 11 is 1.08. The molecule has 0 saturated carbocycles. The van der Waals surface area contributed by atoms with E-state index in [-0.39, 0.29) is 12.5 Å². The standard InChI is InChI=1S/C16H18N2O4S/c1-4-11-7-5-6-8-12(11)22-9-13(19)18-16-17-10(2)14(23-16)15(20)21-3/h5-8H,4,9H2,1-3H3,(H,17,18,19). The van der Waals surface area contributed by atoms with Crippen LogP contribution in [-0.4, -0.2) is 30.6 Å². The van der Waals surface area contributed by atoms with Crippen molar-refractivity contribution >= 4 is 28.3 Å². The predicted octanol–water partition coefficient (Wildman–Crippen LogP) is 2.82. The van der Waals surface area contributed by atoms with E-state index in [9.17, 15) is 9.59 Å². The number of esters is 1. The maximum atomic E-state index is 12.0. The molecule has 1 amide bonds. The van der Waals surface area contributed by atoms with E-state index in [2.05, 4.69) is 15.0 Å². The number of methoxy groups -OCH3 is 1. The van der Waals surface area contributed by atoms with Crippen LogP contribution in [0.2, 0.25) is 0 Å². The Balaban J connectivity index is 1.96. The second-order valence-electron chi connectivity index (χ2n) is 4.72. The monoisotopic (exact) mass is 334 g/mol. The molecule has 0 atom stereocenters. The maximum Gasteiger partial charge on any atom is 0.350 e. The van der Waals surface area contributed by atoms with Crippen LogP contribution in [0.15, 0.2) is 24.3 Å². The SMILES string of the molecule is CCc1ccccc1OCC(=O)Nc1nc(C)c(C(=O)OC)s1. The average Bonchev–Trinajstić information content (AvgIpc) is 2.92. The van der Waals surface area contributed by atoms with Crippen molar-refractivity contribution in [1.82, 2.24) is 4.98 Å². The minimum atomic E-state index is -0.464. The Labute approximate surface area is 138 Å². The summed E-state index contributed by atoms with van der Waals surface area (Å²) in [5, 5.41) is 2.97. The van der Waals surface area contributed by atoms with Gasteiger partial charge in [-0.25, -0.2) is 9.78 Å². The lowest BCUT2D eigenvalue weighted by molar-refractivity contribution is -0.118. The zero-order valence-corrected chi connectivity index (χ0v) is 14.0. The predicted molar refractivity (Wildman–Crippen MR) is 88.1 cm³/mol. The van der Waals surface area contributed by atoms with Crippen molar-refractivity contribution in [1.29, 1.82) is 0 Å². The number of ether oxygens (including phenoxy) is 2. The number of carbonyl (C=O) groups excluding carboxylic acids is 2. The maximum absolute atomic E-state index is 12.0. The largest absolute Gasteiger partial charge is 0.483 e. The van der Waals surface area contributed by atoms with Crippen LogP contribution in [0.25, 0.3) is 0 Å². The fraction of sp³-hybridized carbons (Fsp3) is 0.312. The number of benzene rings is 1. The third-order valence-electron chi connectivity index (χ3n) is 3.13. The van der Waals surface area contributed by atoms with Gasteiger partial charge in [-0.3, -0.25) is 10.1 Å². The summed E-state index contributed by atoms with van der Waals surface area (Å²) in [6, 6.07) is 7.58. The highest BCUT2D eigenvalue weighted by atomic mass is 32.1. The van der Waals surface area contributed by atoms with Crippen LogP contribution >= 0.6 is 11.3 Å². The van der Waals surface area contributed by atoms with Crippen LogP contribution < -0.4 is 10.1 Å². The number of aromatic nitrogens is 1. The van der Waals surface area contributed by atoms with E-state index in [0.29, 0.717) is 21.5 Å². The van der Waals surface area contributed by atoms with Crippen LogP contribution in [0, 0.1) is 6.92 Å². The molecule has 2 rings (SSSR count). The van der Waals surface area contributed by atoms with Crippen molar-refractivity contribution in [3.8, 4) is 5.75 Å². The first-order valence-electron chi connectivity index (χ1n) is 7.11. The number of para-hydroxylation sites is 1. The fourth-order valence-electron chi connectivity index (χ4n) is 1.97. The van der Waals surface area contributed by atoms with Gasteiger partial charge in [0.1, 0.15) is 10.6 Å². The lowest BCUT2D eigenvalue weighted by Crippen LogP contribution is -2.20. The Morgan fingerprint density at radius 3 is 2.74 bits per heavy atom. The molecular formula is C16H18N2O4S. The second kappa shape index (κ2) is 7.73. The lowest BCUT2D eigenvalue weighted by Gasteiger charge is -2.09. The van der Waals surface area contributed by atoms with Crippen LogP contribution in [-0.2, 0) is 16.0 Å². The smallest absolute Gasteiger partial charge is 0.350 e. The Bertz CT molecular complexity index is 712. The molecule has 0 aliphatic rings. The highest BCUT2D eigenvalue weighted by molar-refractivity contribution is 7.17. The van der Waals surface area contributed by atoms with E-state index in [0.717, 1.165) is 23.3 Å². The Kier molecular flexibility index (Phi) is 5.70. The molecule has 1 aromatic heterocycles. The Hall–Kier alpha value is -2.41. The van der Waals surface area contributed by atoms with Gasteiger partial charge in [0, 0.05) is 0 Å². The fourth-order valence-corrected chi connectivity index (χ4v) is 2.87. The molecule has 0 bridgehead atoms. The number of nitrogens with one attached hydrogen (secondary N) is 1. The highest BCUT2D eigenvalue weighted by Gasteiger charge is 2.17. The number of amides is 1. The number of aryl methyl sites for hydroxylation is 2. The number of hydrogen-bond acceptors (Lipinski definition) is 6. The first-order chi connectivity index (χ1) is 11.0. The minimum absolute atomic E-state index is 0.122. The molecule has 0 unspecified atom stereocenters. The minimum Gasteiger partial charge on any atom is -0.483 e. The number of carbonyl (C=O) groups is 2. The van der Waals surface area contributed by atoms with Gasteiger partial charge in [0.2, 0.25) is 0 Å². The van der Waals surface area contributed by atoms with E-state index in [1.54, 1.807) is 6.92 Å². The third kappa shape index (κ3) is 4.29. The van der Waals surface area contributed by atoms with Crippen molar-refractivity contribution in [2.45, 2.75) is 20.3 Å². The molecule has 0 spiro atoms. The molecule has 6 nitrogen and oxygen atoms in total. The van der Waals surface area contributed by atoms with E-state index in [4.69, 9.17) is 4.74 Å². The molecule has 122 valence electrons. The summed E-state index contributed by atoms with van der Waals surface area (Å²) in [6.07, 6.45) is 0.825. The van der Waals surface area contributed by atoms with Gasteiger partial charge in [0.15, 0.2) is 11.7 Å². The number of anilines is 1. The molecule has 0 aliphatic heterocycles. The van der Waals surface area contributed by atoms with Crippen molar-refractivity contribution in [2.24, 2.45) is 0 Å². The van der Waals surface area contributed by atoms with E-state index >= 15 is 0 Å². The van der Waals surface area contributed by atoms with Crippen LogP contribution in [0.3, 0.4) is 0 Å². The van der Waals surface area contributed by atoms with Crippen LogP contribution in [0.4, 0.5) is 5.13 Å². The molecule has 1 heterocycles. The van der Waals surface area contributed by atoms with Gasteiger partial charge < -0.3 is 9.47 Å². The van der Waals surface area contributed by atoms with Crippen LogP contribution in [0.1, 0.15) is 27.9 Å². The zero-order chi connectivity index (χ0) is 16.8. The topological polar surface area (TPSA) is 77.5 Å². The van der Waals surface area contributed by atoms with E-state index < -0.39 is 5.97 Å². The first kappa shape index (κ1) is 17.0. The molecular weight excluding hydrogens is 316 g/mol. The van der Waals surface area contributed by atoms with Crippen LogP contribution in [0.5, 0.6) is 5.75 Å². The van der Waals surface area contributed by atoms with Crippen molar-refractivity contribution < 1.29 is 19.1 Å². The highest BCUT2D eigenvalue weighted by Crippen LogP contribution is 2.23. The van der Waals surface area contributed by atoms with Crippen molar-refractivity contribution in [3.05, 3.63) is 40.4 Å². The summed E-state index contributed by atoms with van der Waals surface area (Å²) in [4.78, 5) is 28.0. The second-order valence-corrected chi connectivity index (χ2v) is 5.72. The Morgan fingerprint density at radius 1 is 1.30 bits per heavy atom. The van der Waals surface area contributed by atoms with Gasteiger partial charge in [0.05, 0.1) is 12.8 Å². The summed E-state index contributed by atoms with van der Waals surface area (Å²) < 4.78 is 10.2. The van der Waals surface area contributed by atoms with Gasteiger partial charge in [-0.15, -0.1) is 0 Å². The summed E-state index contributed by atoms with van der Waals surface area (Å²) in [5.74, 6) is -0.106. The molecule has 0 fully saturated rings. The van der Waals surface area contributed by atoms with Gasteiger partial charge in [-0.2, -0.15) is 0 Å².